The van der Waals surface area contributed by atoms with Crippen molar-refractivity contribution in [2.24, 2.45) is 5.92 Å². The van der Waals surface area contributed by atoms with Crippen LogP contribution in [0.3, 0.4) is 0 Å². The molecular weight excluding hydrogens is 296 g/mol. The van der Waals surface area contributed by atoms with Gasteiger partial charge in [-0.15, -0.1) is 0 Å². The number of piperidine rings is 1. The normalized spacial score (nSPS) is 28.0. The summed E-state index contributed by atoms with van der Waals surface area (Å²) in [5, 5.41) is 3.68. The first-order valence-corrected chi connectivity index (χ1v) is 8.69. The largest absolute Gasteiger partial charge is 0.344 e. The maximum atomic E-state index is 12.6. The van der Waals surface area contributed by atoms with Crippen molar-refractivity contribution >= 4 is 17.8 Å². The maximum absolute atomic E-state index is 12.6. The predicted molar refractivity (Wildman–Crippen MR) is 84.2 cm³/mol. The lowest BCUT2D eigenvalue weighted by atomic mass is 9.82. The molecule has 4 amide bonds. The molecule has 1 aliphatic carbocycles. The summed E-state index contributed by atoms with van der Waals surface area (Å²) in [7, 11) is 0. The van der Waals surface area contributed by atoms with E-state index in [0.29, 0.717) is 18.8 Å². The molecule has 0 aromatic rings. The summed E-state index contributed by atoms with van der Waals surface area (Å²) in [6.45, 7) is 4.18. The number of nitrogens with zero attached hydrogens (tertiary/aromatic N) is 2. The molecule has 2 saturated heterocycles. The average molecular weight is 322 g/mol. The second-order valence-corrected chi connectivity index (χ2v) is 7.23. The fraction of sp³-hybridized carbons (Fsp3) is 0.812. The molecule has 1 atom stereocenters. The smallest absolute Gasteiger partial charge is 0.322 e. The van der Waals surface area contributed by atoms with Gasteiger partial charge in [-0.3, -0.25) is 19.9 Å². The van der Waals surface area contributed by atoms with E-state index in [4.69, 9.17) is 0 Å². The Morgan fingerprint density at radius 1 is 1.26 bits per heavy atom. The van der Waals surface area contributed by atoms with Crippen LogP contribution in [0.25, 0.3) is 0 Å². The Morgan fingerprint density at radius 2 is 2.00 bits per heavy atom. The fourth-order valence-corrected chi connectivity index (χ4v) is 4.01. The van der Waals surface area contributed by atoms with Crippen LogP contribution in [0.2, 0.25) is 0 Å². The molecule has 2 heterocycles. The van der Waals surface area contributed by atoms with Gasteiger partial charge in [0.2, 0.25) is 0 Å². The number of likely N-dealkylation sites (tertiary alicyclic amines) is 1. The van der Waals surface area contributed by atoms with E-state index in [9.17, 15) is 14.4 Å². The number of rotatable bonds is 3. The molecule has 0 unspecified atom stereocenters. The van der Waals surface area contributed by atoms with E-state index in [1.165, 1.54) is 6.42 Å². The van der Waals surface area contributed by atoms with Crippen LogP contribution in [0.1, 0.15) is 51.9 Å². The standard InChI is InChI=1S/C16H26N4O3/c1-12-6-5-9-19(10-12)11-13(21)18-20-14(22)16(17-15(20)23)7-3-2-4-8-16/h12H,2-11H2,1H3,(H,17,23)(H,18,21)/t12-/m0/s1. The minimum atomic E-state index is -0.789. The van der Waals surface area contributed by atoms with E-state index >= 15 is 0 Å². The summed E-state index contributed by atoms with van der Waals surface area (Å²) in [6, 6.07) is -0.503. The van der Waals surface area contributed by atoms with E-state index < -0.39 is 11.6 Å². The Balaban J connectivity index is 1.57. The van der Waals surface area contributed by atoms with Gasteiger partial charge in [0.15, 0.2) is 0 Å². The molecule has 0 aromatic carbocycles. The van der Waals surface area contributed by atoms with Crippen molar-refractivity contribution in [3.05, 3.63) is 0 Å². The van der Waals surface area contributed by atoms with Crippen LogP contribution in [0.5, 0.6) is 0 Å². The van der Waals surface area contributed by atoms with Crippen molar-refractivity contribution in [3.8, 4) is 0 Å². The molecule has 0 aromatic heterocycles. The van der Waals surface area contributed by atoms with E-state index in [0.717, 1.165) is 43.8 Å². The lowest BCUT2D eigenvalue weighted by molar-refractivity contribution is -0.140. The SMILES string of the molecule is C[C@H]1CCCN(CC(=O)NN2C(=O)NC3(CCCCC3)C2=O)C1. The summed E-state index contributed by atoms with van der Waals surface area (Å²) in [6.07, 6.45) is 6.54. The van der Waals surface area contributed by atoms with Crippen molar-refractivity contribution in [2.75, 3.05) is 19.6 Å². The molecular formula is C16H26N4O3. The van der Waals surface area contributed by atoms with E-state index in [1.807, 2.05) is 0 Å². The number of carbonyl (C=O) groups is 3. The molecule has 128 valence electrons. The molecule has 3 rings (SSSR count). The van der Waals surface area contributed by atoms with Crippen molar-refractivity contribution < 1.29 is 14.4 Å². The van der Waals surface area contributed by atoms with Gasteiger partial charge < -0.3 is 5.32 Å². The number of hydrogen-bond donors (Lipinski definition) is 2. The summed E-state index contributed by atoms with van der Waals surface area (Å²) in [5.41, 5.74) is 1.71. The number of hydrazine groups is 1. The van der Waals surface area contributed by atoms with Crippen LogP contribution in [0.4, 0.5) is 4.79 Å². The molecule has 3 aliphatic rings. The maximum Gasteiger partial charge on any atom is 0.344 e. The van der Waals surface area contributed by atoms with Gasteiger partial charge in [0.25, 0.3) is 11.8 Å². The van der Waals surface area contributed by atoms with Crippen molar-refractivity contribution in [2.45, 2.75) is 57.4 Å². The molecule has 0 radical (unpaired) electrons. The molecule has 7 heteroatoms. The van der Waals surface area contributed by atoms with Gasteiger partial charge in [0.1, 0.15) is 5.54 Å². The monoisotopic (exact) mass is 322 g/mol. The predicted octanol–water partition coefficient (Wildman–Crippen LogP) is 1.00. The molecule has 2 aliphatic heterocycles. The third kappa shape index (κ3) is 3.34. The summed E-state index contributed by atoms with van der Waals surface area (Å²) >= 11 is 0. The Morgan fingerprint density at radius 3 is 2.70 bits per heavy atom. The number of hydrogen-bond acceptors (Lipinski definition) is 4. The highest BCUT2D eigenvalue weighted by Gasteiger charge is 2.52. The number of nitrogens with one attached hydrogen (secondary N) is 2. The molecule has 1 spiro atoms. The van der Waals surface area contributed by atoms with Crippen LogP contribution < -0.4 is 10.7 Å². The molecule has 3 fully saturated rings. The van der Waals surface area contributed by atoms with Gasteiger partial charge >= 0.3 is 6.03 Å². The first kappa shape index (κ1) is 16.2. The minimum Gasteiger partial charge on any atom is -0.322 e. The van der Waals surface area contributed by atoms with E-state index in [2.05, 4.69) is 22.6 Å². The lowest BCUT2D eigenvalue weighted by Gasteiger charge is -2.31. The van der Waals surface area contributed by atoms with Gasteiger partial charge in [0, 0.05) is 6.54 Å². The van der Waals surface area contributed by atoms with Gasteiger partial charge in [-0.25, -0.2) is 4.79 Å². The Kier molecular flexibility index (Phi) is 4.57. The third-order valence-electron chi connectivity index (χ3n) is 5.21. The first-order chi connectivity index (χ1) is 11.0. The third-order valence-corrected chi connectivity index (χ3v) is 5.21. The number of imide groups is 1. The second-order valence-electron chi connectivity index (χ2n) is 7.23. The average Bonchev–Trinajstić information content (AvgIpc) is 2.72. The van der Waals surface area contributed by atoms with Crippen molar-refractivity contribution in [1.82, 2.24) is 20.7 Å². The first-order valence-electron chi connectivity index (χ1n) is 8.69. The second kappa shape index (κ2) is 6.47. The summed E-state index contributed by atoms with van der Waals surface area (Å²) < 4.78 is 0. The highest BCUT2D eigenvalue weighted by molar-refractivity contribution is 6.08. The van der Waals surface area contributed by atoms with Crippen molar-refractivity contribution in [1.29, 1.82) is 0 Å². The Labute approximate surface area is 136 Å². The van der Waals surface area contributed by atoms with Gasteiger partial charge in [-0.05, 0) is 38.1 Å². The minimum absolute atomic E-state index is 0.231. The number of urea groups is 1. The number of amides is 4. The zero-order chi connectivity index (χ0) is 16.4. The Hall–Kier alpha value is -1.63. The van der Waals surface area contributed by atoms with Gasteiger partial charge in [-0.2, -0.15) is 5.01 Å². The van der Waals surface area contributed by atoms with Crippen LogP contribution >= 0.6 is 0 Å². The van der Waals surface area contributed by atoms with Crippen LogP contribution in [0.15, 0.2) is 0 Å². The quantitative estimate of drug-likeness (QED) is 0.760. The van der Waals surface area contributed by atoms with E-state index in [-0.39, 0.29) is 18.4 Å². The van der Waals surface area contributed by atoms with Crippen LogP contribution in [-0.2, 0) is 9.59 Å². The number of carbonyl (C=O) groups excluding carboxylic acids is 3. The molecule has 2 N–H and O–H groups in total. The highest BCUT2D eigenvalue weighted by Crippen LogP contribution is 2.32. The topological polar surface area (TPSA) is 81.8 Å². The zero-order valence-electron chi connectivity index (χ0n) is 13.8. The summed E-state index contributed by atoms with van der Waals surface area (Å²) in [5.74, 6) is -0.0169. The van der Waals surface area contributed by atoms with E-state index in [1.54, 1.807) is 0 Å². The van der Waals surface area contributed by atoms with Crippen LogP contribution in [-0.4, -0.2) is 52.9 Å². The molecule has 1 saturated carbocycles. The lowest BCUT2D eigenvalue weighted by Crippen LogP contribution is -2.53. The Bertz CT molecular complexity index is 502. The zero-order valence-corrected chi connectivity index (χ0v) is 13.8. The summed E-state index contributed by atoms with van der Waals surface area (Å²) in [4.78, 5) is 39.0. The van der Waals surface area contributed by atoms with Gasteiger partial charge in [0.05, 0.1) is 6.54 Å². The molecule has 23 heavy (non-hydrogen) atoms. The fourth-order valence-electron chi connectivity index (χ4n) is 4.01. The molecule has 0 bridgehead atoms. The highest BCUT2D eigenvalue weighted by atomic mass is 16.2. The van der Waals surface area contributed by atoms with Crippen LogP contribution in [0, 0.1) is 5.92 Å². The molecule has 7 nitrogen and oxygen atoms in total. The van der Waals surface area contributed by atoms with Gasteiger partial charge in [-0.1, -0.05) is 26.2 Å². The van der Waals surface area contributed by atoms with Crippen molar-refractivity contribution in [3.63, 3.8) is 0 Å².